The maximum Gasteiger partial charge on any atom is 0.416 e. The van der Waals surface area contributed by atoms with E-state index in [1.807, 2.05) is 32.6 Å². The van der Waals surface area contributed by atoms with Crippen LogP contribution >= 0.6 is 11.3 Å². The number of rotatable bonds is 4. The summed E-state index contributed by atoms with van der Waals surface area (Å²) in [5.41, 5.74) is 3.48. The van der Waals surface area contributed by atoms with E-state index in [4.69, 9.17) is 0 Å². The maximum absolute atomic E-state index is 13.2. The van der Waals surface area contributed by atoms with Crippen LogP contribution in [0.3, 0.4) is 0 Å². The van der Waals surface area contributed by atoms with E-state index >= 15 is 0 Å². The normalized spacial score (nSPS) is 17.1. The molecule has 0 spiro atoms. The van der Waals surface area contributed by atoms with Crippen LogP contribution in [0.15, 0.2) is 65.6 Å². The smallest absolute Gasteiger partial charge is 0.336 e. The van der Waals surface area contributed by atoms with Gasteiger partial charge in [0.1, 0.15) is 5.69 Å². The van der Waals surface area contributed by atoms with Gasteiger partial charge in [0.15, 0.2) is 0 Å². The lowest BCUT2D eigenvalue weighted by Crippen LogP contribution is -2.64. The van der Waals surface area contributed by atoms with Crippen LogP contribution in [0.1, 0.15) is 26.4 Å². The molecule has 2 amide bonds. The molecule has 2 aromatic heterocycles. The van der Waals surface area contributed by atoms with E-state index in [1.165, 1.54) is 23.5 Å². The lowest BCUT2D eigenvalue weighted by molar-refractivity contribution is -0.137. The van der Waals surface area contributed by atoms with Gasteiger partial charge in [-0.15, -0.1) is 11.3 Å². The lowest BCUT2D eigenvalue weighted by atomic mass is 10.0. The lowest BCUT2D eigenvalue weighted by Gasteiger charge is -2.47. The molecule has 0 aliphatic carbocycles. The highest BCUT2D eigenvalue weighted by atomic mass is 32.1. The van der Waals surface area contributed by atoms with E-state index < -0.39 is 11.7 Å². The molecular formula is C27H24F3N5O2S. The van der Waals surface area contributed by atoms with Gasteiger partial charge in [0.25, 0.3) is 11.8 Å². The molecule has 0 saturated carbocycles. The van der Waals surface area contributed by atoms with Crippen LogP contribution in [-0.4, -0.2) is 81.4 Å². The largest absolute Gasteiger partial charge is 0.416 e. The Balaban J connectivity index is 1.07. The summed E-state index contributed by atoms with van der Waals surface area (Å²) in [5.74, 6) is -0.0679. The summed E-state index contributed by atoms with van der Waals surface area (Å²) < 4.78 is 40.5. The highest BCUT2D eigenvalue weighted by Crippen LogP contribution is 2.30. The van der Waals surface area contributed by atoms with E-state index in [9.17, 15) is 22.8 Å². The fraction of sp³-hybridized carbons (Fsp3) is 0.296. The van der Waals surface area contributed by atoms with Gasteiger partial charge in [-0.05, 0) is 48.5 Å². The first-order valence-corrected chi connectivity index (χ1v) is 13.2. The SMILES string of the molecule is O=C(c1ccc2c(ccn2-c2ccc(C(F)(F)F)cc2)c1)N1CCN(C2CN(C(=O)c3cscn3)C2)CC1. The van der Waals surface area contributed by atoms with Crippen LogP contribution in [-0.2, 0) is 6.18 Å². The molecule has 2 aromatic carbocycles. The van der Waals surface area contributed by atoms with Gasteiger partial charge in [-0.3, -0.25) is 14.5 Å². The number of benzene rings is 2. The molecule has 0 radical (unpaired) electrons. The Kier molecular flexibility index (Phi) is 6.19. The third-order valence-electron chi connectivity index (χ3n) is 7.33. The number of hydrogen-bond acceptors (Lipinski definition) is 5. The second-order valence-corrected chi connectivity index (χ2v) is 10.3. The van der Waals surface area contributed by atoms with Gasteiger partial charge in [-0.2, -0.15) is 13.2 Å². The maximum atomic E-state index is 13.2. The Bertz CT molecular complexity index is 1470. The molecule has 7 nitrogen and oxygen atoms in total. The third kappa shape index (κ3) is 4.56. The van der Waals surface area contributed by atoms with Gasteiger partial charge in [0.2, 0.25) is 0 Å². The Morgan fingerprint density at radius 1 is 0.895 bits per heavy atom. The van der Waals surface area contributed by atoms with Crippen LogP contribution in [0, 0.1) is 0 Å². The average molecular weight is 540 g/mol. The number of nitrogens with zero attached hydrogens (tertiary/aromatic N) is 5. The van der Waals surface area contributed by atoms with Crippen molar-refractivity contribution in [3.63, 3.8) is 0 Å². The van der Waals surface area contributed by atoms with Crippen LogP contribution in [0.4, 0.5) is 13.2 Å². The van der Waals surface area contributed by atoms with Gasteiger partial charge in [0, 0.05) is 73.5 Å². The molecule has 2 saturated heterocycles. The number of likely N-dealkylation sites (tertiary alicyclic amines) is 1. The van der Waals surface area contributed by atoms with E-state index in [0.29, 0.717) is 49.2 Å². The van der Waals surface area contributed by atoms with E-state index in [-0.39, 0.29) is 11.8 Å². The highest BCUT2D eigenvalue weighted by Gasteiger charge is 2.37. The standard InChI is InChI=1S/C27H24F3N5O2S/c28-27(29,30)20-2-4-21(5-3-20)35-8-7-18-13-19(1-6-24(18)35)25(36)33-11-9-32(10-12-33)22-14-34(15-22)26(37)23-16-38-17-31-23/h1-8,13,16-17,22H,9-12,14-15H2. The van der Waals surface area contributed by atoms with Crippen molar-refractivity contribution >= 4 is 34.1 Å². The van der Waals surface area contributed by atoms with E-state index in [0.717, 1.165) is 36.1 Å². The summed E-state index contributed by atoms with van der Waals surface area (Å²) in [6.07, 6.45) is -2.58. The first-order chi connectivity index (χ1) is 18.3. The van der Waals surface area contributed by atoms with E-state index in [1.54, 1.807) is 23.2 Å². The Morgan fingerprint density at radius 2 is 1.63 bits per heavy atom. The number of thiazole rings is 1. The summed E-state index contributed by atoms with van der Waals surface area (Å²) in [6.45, 7) is 4.08. The molecule has 4 aromatic rings. The number of carbonyl (C=O) groups is 2. The average Bonchev–Trinajstić information content (AvgIpc) is 3.57. The fourth-order valence-corrected chi connectivity index (χ4v) is 5.64. The van der Waals surface area contributed by atoms with Crippen molar-refractivity contribution in [1.29, 1.82) is 0 Å². The van der Waals surface area contributed by atoms with Crippen molar-refractivity contribution in [3.05, 3.63) is 82.4 Å². The first-order valence-electron chi connectivity index (χ1n) is 12.3. The number of carbonyl (C=O) groups excluding carboxylic acids is 2. The highest BCUT2D eigenvalue weighted by molar-refractivity contribution is 7.07. The van der Waals surface area contributed by atoms with Crippen molar-refractivity contribution in [3.8, 4) is 5.69 Å². The van der Waals surface area contributed by atoms with Crippen molar-refractivity contribution in [2.24, 2.45) is 0 Å². The molecular weight excluding hydrogens is 515 g/mol. The second-order valence-electron chi connectivity index (χ2n) is 9.57. The molecule has 0 unspecified atom stereocenters. The second kappa shape index (κ2) is 9.55. The van der Waals surface area contributed by atoms with Crippen LogP contribution in [0.5, 0.6) is 0 Å². The molecule has 11 heteroatoms. The van der Waals surface area contributed by atoms with Crippen molar-refractivity contribution in [2.75, 3.05) is 39.3 Å². The number of amides is 2. The van der Waals surface area contributed by atoms with Crippen molar-refractivity contribution < 1.29 is 22.8 Å². The number of piperazine rings is 1. The molecule has 2 fully saturated rings. The van der Waals surface area contributed by atoms with Crippen LogP contribution < -0.4 is 0 Å². The summed E-state index contributed by atoms with van der Waals surface area (Å²) in [5, 5.41) is 2.61. The molecule has 4 heterocycles. The predicted molar refractivity (Wildman–Crippen MR) is 138 cm³/mol. The molecule has 0 atom stereocenters. The molecule has 196 valence electrons. The molecule has 0 bridgehead atoms. The summed E-state index contributed by atoms with van der Waals surface area (Å²) in [6, 6.07) is 12.6. The van der Waals surface area contributed by atoms with Gasteiger partial charge in [-0.1, -0.05) is 0 Å². The number of halogens is 3. The minimum Gasteiger partial charge on any atom is -0.336 e. The minimum atomic E-state index is -4.38. The molecule has 6 rings (SSSR count). The third-order valence-corrected chi connectivity index (χ3v) is 7.92. The van der Waals surface area contributed by atoms with Gasteiger partial charge in [0.05, 0.1) is 16.6 Å². The Hall–Kier alpha value is -3.70. The van der Waals surface area contributed by atoms with Gasteiger partial charge < -0.3 is 14.4 Å². The fourth-order valence-electron chi connectivity index (χ4n) is 5.12. The van der Waals surface area contributed by atoms with Gasteiger partial charge >= 0.3 is 6.18 Å². The van der Waals surface area contributed by atoms with Gasteiger partial charge in [-0.25, -0.2) is 4.98 Å². The van der Waals surface area contributed by atoms with Crippen LogP contribution in [0.2, 0.25) is 0 Å². The number of aromatic nitrogens is 2. The Labute approximate surface area is 220 Å². The summed E-state index contributed by atoms with van der Waals surface area (Å²) in [7, 11) is 0. The number of alkyl halides is 3. The topological polar surface area (TPSA) is 61.7 Å². The molecule has 38 heavy (non-hydrogen) atoms. The quantitative estimate of drug-likeness (QED) is 0.386. The minimum absolute atomic E-state index is 0.0288. The first kappa shape index (κ1) is 24.6. The van der Waals surface area contributed by atoms with Crippen molar-refractivity contribution in [2.45, 2.75) is 12.2 Å². The van der Waals surface area contributed by atoms with E-state index in [2.05, 4.69) is 9.88 Å². The zero-order valence-corrected chi connectivity index (χ0v) is 21.1. The summed E-state index contributed by atoms with van der Waals surface area (Å²) in [4.78, 5) is 35.7. The summed E-state index contributed by atoms with van der Waals surface area (Å²) >= 11 is 1.41. The number of hydrogen-bond donors (Lipinski definition) is 0. The zero-order valence-electron chi connectivity index (χ0n) is 20.3. The number of fused-ring (bicyclic) bond motifs is 1. The molecule has 0 N–H and O–H groups in total. The molecule has 2 aliphatic heterocycles. The Morgan fingerprint density at radius 3 is 2.29 bits per heavy atom. The van der Waals surface area contributed by atoms with Crippen LogP contribution in [0.25, 0.3) is 16.6 Å². The zero-order chi connectivity index (χ0) is 26.4. The monoisotopic (exact) mass is 539 g/mol. The predicted octanol–water partition coefficient (Wildman–Crippen LogP) is 4.39. The van der Waals surface area contributed by atoms with Crippen molar-refractivity contribution in [1.82, 2.24) is 24.3 Å². The molecule has 2 aliphatic rings.